The van der Waals surface area contributed by atoms with Crippen molar-refractivity contribution in [2.45, 2.75) is 71.6 Å². The van der Waals surface area contributed by atoms with E-state index in [9.17, 15) is 0 Å². The Morgan fingerprint density at radius 2 is 1.30 bits per heavy atom. The van der Waals surface area contributed by atoms with Crippen LogP contribution in [-0.2, 0) is 16.2 Å². The second-order valence-corrected chi connectivity index (χ2v) is 19.4. The first kappa shape index (κ1) is 33.2. The molecular formula is C53H45BN2O. The molecule has 2 aliphatic heterocycles. The van der Waals surface area contributed by atoms with E-state index in [-0.39, 0.29) is 23.1 Å². The maximum Gasteiger partial charge on any atom is 0.333 e. The highest BCUT2D eigenvalue weighted by atomic mass is 16.3. The van der Waals surface area contributed by atoms with Gasteiger partial charge in [-0.25, -0.2) is 0 Å². The predicted octanol–water partition coefficient (Wildman–Crippen LogP) is 12.8. The van der Waals surface area contributed by atoms with Crippen LogP contribution in [0.4, 0.5) is 11.4 Å². The largest absolute Gasteiger partial charge is 0.456 e. The predicted molar refractivity (Wildman–Crippen MR) is 242 cm³/mol. The molecule has 0 radical (unpaired) electrons. The van der Waals surface area contributed by atoms with Crippen LogP contribution in [0.1, 0.15) is 77.6 Å². The Kier molecular flexibility index (Phi) is 6.22. The lowest BCUT2D eigenvalue weighted by molar-refractivity contribution is 0.590. The van der Waals surface area contributed by atoms with E-state index < -0.39 is 0 Å². The first-order chi connectivity index (χ1) is 27.3. The van der Waals surface area contributed by atoms with Gasteiger partial charge in [0.1, 0.15) is 11.2 Å². The summed E-state index contributed by atoms with van der Waals surface area (Å²) < 4.78 is 9.27. The standard InChI is InChI=1S/C53H45BN2O/c1-51(2,3)30-17-20-32(21-18-30)56-42-25-19-31(52(4,5)6)27-37(42)34-22-23-36-48-43(26-24-40-47(48)35-14-9-11-15-39(35)53(40,7)8)55-44-29-46-38(33-13-10-12-16-45(33)57-46)28-41(44)54(56)49(34)50(36)55/h9-29H,1-8H3. The Balaban J connectivity index is 1.27. The number of para-hydroxylation sites is 1. The van der Waals surface area contributed by atoms with E-state index in [2.05, 4.69) is 192 Å². The molecule has 12 rings (SSSR count). The number of fused-ring (bicyclic) bond motifs is 15. The number of hydrogen-bond donors (Lipinski definition) is 0. The average molecular weight is 737 g/mol. The molecule has 2 aromatic heterocycles. The molecule has 7 aromatic carbocycles. The Morgan fingerprint density at radius 1 is 0.561 bits per heavy atom. The van der Waals surface area contributed by atoms with Gasteiger partial charge in [-0.1, -0.05) is 140 Å². The fourth-order valence-electron chi connectivity index (χ4n) is 10.8. The van der Waals surface area contributed by atoms with Gasteiger partial charge in [0.05, 0.1) is 11.0 Å². The van der Waals surface area contributed by atoms with Gasteiger partial charge in [-0.15, -0.1) is 0 Å². The molecule has 1 aliphatic carbocycles. The maximum absolute atomic E-state index is 6.68. The van der Waals surface area contributed by atoms with Crippen LogP contribution < -0.4 is 15.7 Å². The molecule has 0 fully saturated rings. The van der Waals surface area contributed by atoms with E-state index in [4.69, 9.17) is 4.42 Å². The second kappa shape index (κ2) is 10.7. The molecular weight excluding hydrogens is 691 g/mol. The Labute approximate surface area is 334 Å². The highest BCUT2D eigenvalue weighted by Gasteiger charge is 2.46. The lowest BCUT2D eigenvalue weighted by Crippen LogP contribution is -2.60. The third kappa shape index (κ3) is 4.23. The SMILES string of the molecule is CC(C)(C)c1ccc(N2B3c4cc5c(cc4-n4c6ccc7c(c6c6ccc(c3c64)-c3cc(C(C)(C)C)ccc32)-c2ccccc2C7(C)C)oc2ccccc25)cc1. The lowest BCUT2D eigenvalue weighted by atomic mass is 9.44. The van der Waals surface area contributed by atoms with E-state index in [1.807, 2.05) is 0 Å². The molecule has 9 aromatic rings. The van der Waals surface area contributed by atoms with Crippen LogP contribution in [0.25, 0.3) is 71.7 Å². The number of anilines is 2. The number of hydrogen-bond acceptors (Lipinski definition) is 2. The summed E-state index contributed by atoms with van der Waals surface area (Å²) in [6.07, 6.45) is 0. The number of benzene rings is 7. The van der Waals surface area contributed by atoms with E-state index in [0.29, 0.717) is 0 Å². The van der Waals surface area contributed by atoms with Gasteiger partial charge < -0.3 is 13.8 Å². The monoisotopic (exact) mass is 736 g/mol. The fraction of sp³-hybridized carbons (Fsp3) is 0.208. The molecule has 0 unspecified atom stereocenters. The number of aromatic nitrogens is 1. The number of nitrogens with zero attached hydrogens (tertiary/aromatic N) is 2. The molecule has 0 atom stereocenters. The molecule has 57 heavy (non-hydrogen) atoms. The summed E-state index contributed by atoms with van der Waals surface area (Å²) in [5.41, 5.74) is 21.5. The zero-order valence-corrected chi connectivity index (χ0v) is 34.0. The summed E-state index contributed by atoms with van der Waals surface area (Å²) in [4.78, 5) is 2.65. The Hall–Kier alpha value is -6.00. The van der Waals surface area contributed by atoms with E-state index >= 15 is 0 Å². The molecule has 0 amide bonds. The van der Waals surface area contributed by atoms with Crippen molar-refractivity contribution in [3.8, 4) is 27.9 Å². The summed E-state index contributed by atoms with van der Waals surface area (Å²) in [7, 11) is 0. The van der Waals surface area contributed by atoms with Crippen molar-refractivity contribution >= 4 is 72.9 Å². The Bertz CT molecular complexity index is 3230. The minimum absolute atomic E-state index is 0.00257. The molecule has 4 heterocycles. The minimum atomic E-state index is -0.0951. The van der Waals surface area contributed by atoms with Crippen LogP contribution in [0.15, 0.2) is 132 Å². The molecule has 276 valence electrons. The quantitative estimate of drug-likeness (QED) is 0.157. The van der Waals surface area contributed by atoms with E-state index in [0.717, 1.165) is 21.9 Å². The molecule has 4 heteroatoms. The third-order valence-electron chi connectivity index (χ3n) is 13.7. The highest BCUT2D eigenvalue weighted by molar-refractivity contribution is 6.94. The zero-order chi connectivity index (χ0) is 38.9. The molecule has 0 spiro atoms. The summed E-state index contributed by atoms with van der Waals surface area (Å²) >= 11 is 0. The normalized spacial score (nSPS) is 15.1. The van der Waals surface area contributed by atoms with Crippen molar-refractivity contribution in [1.82, 2.24) is 4.57 Å². The second-order valence-electron chi connectivity index (χ2n) is 19.4. The first-order valence-corrected chi connectivity index (χ1v) is 20.6. The first-order valence-electron chi connectivity index (χ1n) is 20.6. The molecule has 3 nitrogen and oxygen atoms in total. The maximum atomic E-state index is 6.68. The van der Waals surface area contributed by atoms with Gasteiger partial charge in [0, 0.05) is 55.7 Å². The number of furan rings is 1. The summed E-state index contributed by atoms with van der Waals surface area (Å²) in [6.45, 7) is 18.6. The smallest absolute Gasteiger partial charge is 0.333 e. The van der Waals surface area contributed by atoms with Crippen LogP contribution in [0, 0.1) is 0 Å². The van der Waals surface area contributed by atoms with E-state index in [1.165, 1.54) is 94.3 Å². The molecule has 3 aliphatic rings. The molecule has 0 N–H and O–H groups in total. The van der Waals surface area contributed by atoms with Gasteiger partial charge in [0.15, 0.2) is 0 Å². The van der Waals surface area contributed by atoms with Crippen molar-refractivity contribution < 1.29 is 4.42 Å². The molecule has 0 bridgehead atoms. The number of rotatable bonds is 1. The summed E-state index contributed by atoms with van der Waals surface area (Å²) in [5, 5.41) is 4.97. The van der Waals surface area contributed by atoms with Crippen LogP contribution in [-0.4, -0.2) is 11.4 Å². The van der Waals surface area contributed by atoms with Crippen LogP contribution in [0.2, 0.25) is 0 Å². The van der Waals surface area contributed by atoms with Crippen molar-refractivity contribution in [2.75, 3.05) is 4.81 Å². The average Bonchev–Trinajstić information content (AvgIpc) is 3.81. The van der Waals surface area contributed by atoms with Gasteiger partial charge in [-0.2, -0.15) is 0 Å². The summed E-state index contributed by atoms with van der Waals surface area (Å²) in [6, 6.07) is 48.7. The van der Waals surface area contributed by atoms with E-state index in [1.54, 1.807) is 0 Å². The van der Waals surface area contributed by atoms with Crippen LogP contribution >= 0.6 is 0 Å². The van der Waals surface area contributed by atoms with Crippen molar-refractivity contribution in [3.05, 3.63) is 150 Å². The molecule has 0 saturated heterocycles. The van der Waals surface area contributed by atoms with Gasteiger partial charge in [-0.05, 0) is 97.1 Å². The third-order valence-corrected chi connectivity index (χ3v) is 13.7. The van der Waals surface area contributed by atoms with Gasteiger partial charge in [-0.3, -0.25) is 0 Å². The molecule has 0 saturated carbocycles. The topological polar surface area (TPSA) is 21.3 Å². The van der Waals surface area contributed by atoms with Gasteiger partial charge in [0.2, 0.25) is 0 Å². The van der Waals surface area contributed by atoms with Crippen molar-refractivity contribution in [1.29, 1.82) is 0 Å². The lowest BCUT2D eigenvalue weighted by Gasteiger charge is -2.42. The summed E-state index contributed by atoms with van der Waals surface area (Å²) in [5.74, 6) is 0. The van der Waals surface area contributed by atoms with Crippen LogP contribution in [0.3, 0.4) is 0 Å². The van der Waals surface area contributed by atoms with Gasteiger partial charge in [0.25, 0.3) is 0 Å². The Morgan fingerprint density at radius 3 is 2.09 bits per heavy atom. The zero-order valence-electron chi connectivity index (χ0n) is 34.0. The fourth-order valence-corrected chi connectivity index (χ4v) is 10.8. The highest BCUT2D eigenvalue weighted by Crippen LogP contribution is 2.54. The van der Waals surface area contributed by atoms with Gasteiger partial charge >= 0.3 is 6.85 Å². The van der Waals surface area contributed by atoms with Crippen molar-refractivity contribution in [2.24, 2.45) is 0 Å². The van der Waals surface area contributed by atoms with Crippen LogP contribution in [0.5, 0.6) is 0 Å². The van der Waals surface area contributed by atoms with Crippen molar-refractivity contribution in [3.63, 3.8) is 0 Å². The minimum Gasteiger partial charge on any atom is -0.456 e.